The first-order chi connectivity index (χ1) is 21.0. The summed E-state index contributed by atoms with van der Waals surface area (Å²) >= 11 is 0. The number of amides is 2. The SMILES string of the molecule is COC1OC(COC(C2=CC=CCC2)(C2=CCCCC2)C2CCCCC2)C(OC)C(O)C1N1C(=O)c2ccccc2C1=O. The molecule has 2 heterocycles. The highest BCUT2D eigenvalue weighted by Gasteiger charge is 2.55. The van der Waals surface area contributed by atoms with Gasteiger partial charge in [-0.1, -0.05) is 55.7 Å². The summed E-state index contributed by atoms with van der Waals surface area (Å²) in [6.07, 6.45) is 17.5. The molecule has 6 atom stereocenters. The van der Waals surface area contributed by atoms with Crippen LogP contribution in [0.5, 0.6) is 0 Å². The molecule has 0 aromatic heterocycles. The lowest BCUT2D eigenvalue weighted by molar-refractivity contribution is -0.283. The van der Waals surface area contributed by atoms with Crippen LogP contribution in [0.2, 0.25) is 0 Å². The van der Waals surface area contributed by atoms with E-state index in [2.05, 4.69) is 24.3 Å². The van der Waals surface area contributed by atoms with E-state index in [1.165, 1.54) is 51.0 Å². The molecule has 1 saturated carbocycles. The smallest absolute Gasteiger partial charge is 0.262 e. The highest BCUT2D eigenvalue weighted by molar-refractivity contribution is 6.21. The Morgan fingerprint density at radius 2 is 1.67 bits per heavy atom. The first-order valence-electron chi connectivity index (χ1n) is 16.1. The van der Waals surface area contributed by atoms with E-state index >= 15 is 0 Å². The highest BCUT2D eigenvalue weighted by atomic mass is 16.7. The predicted octanol–water partition coefficient (Wildman–Crippen LogP) is 5.51. The predicted molar refractivity (Wildman–Crippen MR) is 161 cm³/mol. The van der Waals surface area contributed by atoms with E-state index in [0.29, 0.717) is 17.0 Å². The average molecular weight is 592 g/mol. The first-order valence-corrected chi connectivity index (χ1v) is 16.1. The standard InChI is InChI=1S/C35H45NO7/c1-40-31-28(43-34(41-2)29(30(31)37)36-32(38)26-20-12-13-21-27(26)33(36)39)22-42-35(23-14-6-3-7-15-23,24-16-8-4-9-17-24)25-18-10-5-11-19-25/h3,6,12-14,16,20-21,25,28-31,34,37H,4-5,7-11,15,17-19,22H2,1-2H3. The summed E-state index contributed by atoms with van der Waals surface area (Å²) in [5.41, 5.74) is 2.79. The molecule has 8 heteroatoms. The lowest BCUT2D eigenvalue weighted by Crippen LogP contribution is -2.66. The number of hydrogen-bond donors (Lipinski definition) is 1. The number of ether oxygens (including phenoxy) is 4. The van der Waals surface area contributed by atoms with Gasteiger partial charge in [-0.2, -0.15) is 0 Å². The van der Waals surface area contributed by atoms with Crippen LogP contribution in [-0.4, -0.2) is 78.9 Å². The Morgan fingerprint density at radius 1 is 0.930 bits per heavy atom. The Morgan fingerprint density at radius 3 is 2.28 bits per heavy atom. The van der Waals surface area contributed by atoms with E-state index in [0.717, 1.165) is 49.8 Å². The largest absolute Gasteiger partial charge is 0.388 e. The third kappa shape index (κ3) is 5.46. The molecule has 0 spiro atoms. The molecular weight excluding hydrogens is 546 g/mol. The third-order valence-electron chi connectivity index (χ3n) is 10.2. The number of rotatable bonds is 9. The van der Waals surface area contributed by atoms with Crippen molar-refractivity contribution in [2.24, 2.45) is 5.92 Å². The second-order valence-corrected chi connectivity index (χ2v) is 12.5. The van der Waals surface area contributed by atoms with Crippen molar-refractivity contribution in [2.75, 3.05) is 20.8 Å². The van der Waals surface area contributed by atoms with Gasteiger partial charge in [-0.15, -0.1) is 0 Å². The van der Waals surface area contributed by atoms with Crippen LogP contribution in [0.15, 0.2) is 59.7 Å². The van der Waals surface area contributed by atoms with Crippen molar-refractivity contribution in [1.29, 1.82) is 0 Å². The lowest BCUT2D eigenvalue weighted by Gasteiger charge is -2.50. The van der Waals surface area contributed by atoms with E-state index in [-0.39, 0.29) is 6.61 Å². The zero-order valence-corrected chi connectivity index (χ0v) is 25.4. The molecule has 5 aliphatic rings. The van der Waals surface area contributed by atoms with Crippen molar-refractivity contribution in [3.63, 3.8) is 0 Å². The summed E-state index contributed by atoms with van der Waals surface area (Å²) in [6, 6.07) is 5.61. The number of carbonyl (C=O) groups excluding carboxylic acids is 2. The minimum atomic E-state index is -1.24. The fourth-order valence-electron chi connectivity index (χ4n) is 8.12. The molecule has 2 aliphatic heterocycles. The van der Waals surface area contributed by atoms with Gasteiger partial charge in [0, 0.05) is 14.2 Å². The number of benzene rings is 1. The number of hydrogen-bond acceptors (Lipinski definition) is 7. The van der Waals surface area contributed by atoms with Crippen molar-refractivity contribution in [2.45, 2.75) is 107 Å². The Labute approximate surface area is 254 Å². The van der Waals surface area contributed by atoms with Crippen LogP contribution < -0.4 is 0 Å². The third-order valence-corrected chi connectivity index (χ3v) is 10.2. The molecule has 0 radical (unpaired) electrons. The van der Waals surface area contributed by atoms with Crippen LogP contribution >= 0.6 is 0 Å². The summed E-state index contributed by atoms with van der Waals surface area (Å²) in [6.45, 7) is 0.180. The summed E-state index contributed by atoms with van der Waals surface area (Å²) in [4.78, 5) is 27.8. The number of fused-ring (bicyclic) bond motifs is 1. The summed E-state index contributed by atoms with van der Waals surface area (Å²) in [7, 11) is 2.98. The van der Waals surface area contributed by atoms with E-state index in [1.54, 1.807) is 24.3 Å². The fraction of sp³-hybridized carbons (Fsp3) is 0.600. The number of nitrogens with zero attached hydrogens (tertiary/aromatic N) is 1. The van der Waals surface area contributed by atoms with Gasteiger partial charge in [-0.05, 0) is 80.6 Å². The monoisotopic (exact) mass is 591 g/mol. The second kappa shape index (κ2) is 13.2. The van der Waals surface area contributed by atoms with E-state index in [4.69, 9.17) is 18.9 Å². The van der Waals surface area contributed by atoms with Crippen LogP contribution in [0, 0.1) is 5.92 Å². The molecule has 2 fully saturated rings. The van der Waals surface area contributed by atoms with Crippen molar-refractivity contribution < 1.29 is 33.6 Å². The van der Waals surface area contributed by atoms with Gasteiger partial charge in [0.25, 0.3) is 11.8 Å². The number of aliphatic hydroxyl groups is 1. The maximum absolute atomic E-state index is 13.4. The van der Waals surface area contributed by atoms with Crippen LogP contribution in [0.1, 0.15) is 91.3 Å². The quantitative estimate of drug-likeness (QED) is 0.299. The zero-order chi connectivity index (χ0) is 30.0. The summed E-state index contributed by atoms with van der Waals surface area (Å²) < 4.78 is 25.2. The Bertz CT molecular complexity index is 1250. The minimum absolute atomic E-state index is 0.180. The van der Waals surface area contributed by atoms with Gasteiger partial charge in [-0.3, -0.25) is 14.5 Å². The molecule has 1 saturated heterocycles. The van der Waals surface area contributed by atoms with E-state index in [9.17, 15) is 14.7 Å². The number of carbonyl (C=O) groups is 2. The molecular formula is C35H45NO7. The highest BCUT2D eigenvalue weighted by Crippen LogP contribution is 2.49. The molecule has 2 amide bonds. The van der Waals surface area contributed by atoms with Gasteiger partial charge in [0.2, 0.25) is 0 Å². The molecule has 6 unspecified atom stereocenters. The molecule has 1 N–H and O–H groups in total. The molecule has 43 heavy (non-hydrogen) atoms. The molecule has 1 aromatic rings. The van der Waals surface area contributed by atoms with Gasteiger partial charge < -0.3 is 24.1 Å². The molecule has 232 valence electrons. The van der Waals surface area contributed by atoms with E-state index < -0.39 is 48.1 Å². The fourth-order valence-corrected chi connectivity index (χ4v) is 8.12. The number of methoxy groups -OCH3 is 2. The van der Waals surface area contributed by atoms with Crippen LogP contribution in [0.25, 0.3) is 0 Å². The maximum Gasteiger partial charge on any atom is 0.262 e. The Balaban J connectivity index is 1.30. The van der Waals surface area contributed by atoms with Crippen molar-refractivity contribution in [1.82, 2.24) is 4.90 Å². The van der Waals surface area contributed by atoms with Crippen LogP contribution in [0.3, 0.4) is 0 Å². The van der Waals surface area contributed by atoms with Crippen molar-refractivity contribution >= 4 is 11.8 Å². The maximum atomic E-state index is 13.4. The first kappa shape index (κ1) is 30.4. The zero-order valence-electron chi connectivity index (χ0n) is 25.4. The number of imide groups is 1. The molecule has 3 aliphatic carbocycles. The summed E-state index contributed by atoms with van der Waals surface area (Å²) in [5.74, 6) is -0.586. The van der Waals surface area contributed by atoms with E-state index in [1.807, 2.05) is 0 Å². The molecule has 0 bridgehead atoms. The molecule has 8 nitrogen and oxygen atoms in total. The van der Waals surface area contributed by atoms with Gasteiger partial charge in [-0.25, -0.2) is 0 Å². The van der Waals surface area contributed by atoms with Gasteiger partial charge >= 0.3 is 0 Å². The Kier molecular flexibility index (Phi) is 9.31. The lowest BCUT2D eigenvalue weighted by atomic mass is 9.65. The Hall–Kier alpha value is -2.62. The number of allylic oxidation sites excluding steroid dienone is 4. The van der Waals surface area contributed by atoms with Crippen LogP contribution in [0.4, 0.5) is 0 Å². The van der Waals surface area contributed by atoms with Crippen LogP contribution in [-0.2, 0) is 18.9 Å². The second-order valence-electron chi connectivity index (χ2n) is 12.5. The summed E-state index contributed by atoms with van der Waals surface area (Å²) in [5, 5.41) is 11.7. The topological polar surface area (TPSA) is 94.5 Å². The molecule has 1 aromatic carbocycles. The van der Waals surface area contributed by atoms with Crippen molar-refractivity contribution in [3.8, 4) is 0 Å². The average Bonchev–Trinajstić information content (AvgIpc) is 3.31. The van der Waals surface area contributed by atoms with Gasteiger partial charge in [0.05, 0.1) is 17.7 Å². The van der Waals surface area contributed by atoms with Gasteiger partial charge in [0.15, 0.2) is 6.29 Å². The number of aliphatic hydroxyl groups excluding tert-OH is 1. The minimum Gasteiger partial charge on any atom is -0.388 e. The van der Waals surface area contributed by atoms with Gasteiger partial charge in [0.1, 0.15) is 30.0 Å². The van der Waals surface area contributed by atoms with Crippen molar-refractivity contribution in [3.05, 3.63) is 70.8 Å². The normalized spacial score (nSPS) is 31.4. The molecule has 6 rings (SSSR count).